The molecule has 1 aliphatic rings. The van der Waals surface area contributed by atoms with Gasteiger partial charge in [-0.15, -0.1) is 29.9 Å². The average molecular weight is 574 g/mol. The van der Waals surface area contributed by atoms with E-state index in [2.05, 4.69) is 30.5 Å². The molecule has 0 fully saturated rings. The second kappa shape index (κ2) is 10.7. The fourth-order valence-corrected chi connectivity index (χ4v) is 4.75. The van der Waals surface area contributed by atoms with Gasteiger partial charge in [0.1, 0.15) is 12.2 Å². The van der Waals surface area contributed by atoms with Crippen molar-refractivity contribution >= 4 is 42.4 Å². The molecule has 4 aromatic heterocycles. The molecule has 11 nitrogen and oxygen atoms in total. The van der Waals surface area contributed by atoms with Gasteiger partial charge in [0, 0.05) is 40.3 Å². The Bertz CT molecular complexity index is 1680. The number of H-pyrrole nitrogens is 1. The Morgan fingerprint density at radius 3 is 2.68 bits per heavy atom. The van der Waals surface area contributed by atoms with Gasteiger partial charge in [0.15, 0.2) is 0 Å². The third kappa shape index (κ3) is 4.78. The lowest BCUT2D eigenvalue weighted by molar-refractivity contribution is 0.0696. The van der Waals surface area contributed by atoms with Crippen LogP contribution in [0, 0.1) is 0 Å². The number of benzene rings is 1. The number of imidazole rings is 1. The van der Waals surface area contributed by atoms with E-state index in [1.54, 1.807) is 41.2 Å². The minimum Gasteiger partial charge on any atom is -0.478 e. The molecule has 6 rings (SSSR count). The van der Waals surface area contributed by atoms with Gasteiger partial charge in [0.25, 0.3) is 5.56 Å². The summed E-state index contributed by atoms with van der Waals surface area (Å²) in [7, 11) is 0. The lowest BCUT2D eigenvalue weighted by Gasteiger charge is -2.15. The number of fused-ring (bicyclic) bond motifs is 1. The molecule has 38 heavy (non-hydrogen) atoms. The fraction of sp³-hybridized carbons (Fsp3) is 0.125. The molecule has 1 atom stereocenters. The van der Waals surface area contributed by atoms with Crippen molar-refractivity contribution in [3.63, 3.8) is 0 Å². The maximum atomic E-state index is 13.3. The third-order valence-electron chi connectivity index (χ3n) is 6.21. The monoisotopic (exact) mass is 572 g/mol. The first kappa shape index (κ1) is 27.0. The summed E-state index contributed by atoms with van der Waals surface area (Å²) in [6.07, 6.45) is 7.34. The Morgan fingerprint density at radius 1 is 1.08 bits per heavy atom. The Hall–Kier alpha value is -4.06. The van der Waals surface area contributed by atoms with Crippen molar-refractivity contribution in [1.82, 2.24) is 39.7 Å². The smallest absolute Gasteiger partial charge is 0.337 e. The number of halogens is 3. The first-order chi connectivity index (χ1) is 17.5. The number of hydrogen-bond acceptors (Lipinski definition) is 7. The summed E-state index contributed by atoms with van der Waals surface area (Å²) >= 11 is 6.27. The summed E-state index contributed by atoms with van der Waals surface area (Å²) in [4.78, 5) is 36.4. The van der Waals surface area contributed by atoms with Gasteiger partial charge in [-0.3, -0.25) is 9.78 Å². The van der Waals surface area contributed by atoms with Crippen LogP contribution in [0.3, 0.4) is 0 Å². The highest BCUT2D eigenvalue weighted by atomic mass is 35.5. The zero-order valence-electron chi connectivity index (χ0n) is 19.4. The molecule has 5 heterocycles. The number of aromatic nitrogens is 8. The number of hydrogen-bond donors (Lipinski definition) is 2. The molecule has 0 spiro atoms. The molecule has 0 radical (unpaired) electrons. The van der Waals surface area contributed by atoms with Crippen LogP contribution in [0.4, 0.5) is 0 Å². The summed E-state index contributed by atoms with van der Waals surface area (Å²) in [5.41, 5.74) is 4.19. The van der Waals surface area contributed by atoms with E-state index in [9.17, 15) is 14.7 Å². The molecular weight excluding hydrogens is 555 g/mol. The quantitative estimate of drug-likeness (QED) is 0.321. The average Bonchev–Trinajstić information content (AvgIpc) is 3.64. The zero-order chi connectivity index (χ0) is 24.8. The number of nitrogens with one attached hydrogen (secondary N) is 1. The lowest BCUT2D eigenvalue weighted by Crippen LogP contribution is -2.23. The number of aromatic amines is 1. The van der Waals surface area contributed by atoms with Gasteiger partial charge in [-0.1, -0.05) is 11.6 Å². The van der Waals surface area contributed by atoms with E-state index < -0.39 is 5.97 Å². The lowest BCUT2D eigenvalue weighted by atomic mass is 10.0. The van der Waals surface area contributed by atoms with E-state index in [4.69, 9.17) is 11.6 Å². The minimum atomic E-state index is -1.06. The van der Waals surface area contributed by atoms with Crippen LogP contribution in [0.1, 0.15) is 34.3 Å². The molecule has 2 N–H and O–H groups in total. The van der Waals surface area contributed by atoms with E-state index in [1.165, 1.54) is 23.3 Å². The van der Waals surface area contributed by atoms with E-state index in [0.717, 1.165) is 16.8 Å². The summed E-state index contributed by atoms with van der Waals surface area (Å²) in [5, 5.41) is 21.1. The Kier molecular flexibility index (Phi) is 7.63. The highest BCUT2D eigenvalue weighted by molar-refractivity contribution is 6.31. The van der Waals surface area contributed by atoms with Gasteiger partial charge in [-0.2, -0.15) is 4.68 Å². The minimum absolute atomic E-state index is 0. The Balaban J connectivity index is 0.00000168. The number of carboxylic acids is 1. The summed E-state index contributed by atoms with van der Waals surface area (Å²) in [5.74, 6) is -0.435. The number of aryl methyl sites for hydroxylation is 1. The van der Waals surface area contributed by atoms with Gasteiger partial charge in [0.2, 0.25) is 0 Å². The molecule has 0 aliphatic carbocycles. The van der Waals surface area contributed by atoms with E-state index in [1.807, 2.05) is 6.07 Å². The normalized spacial score (nSPS) is 13.9. The summed E-state index contributed by atoms with van der Waals surface area (Å²) in [6, 6.07) is 10.1. The highest BCUT2D eigenvalue weighted by Gasteiger charge is 2.28. The van der Waals surface area contributed by atoms with Crippen LogP contribution in [0.25, 0.3) is 28.1 Å². The van der Waals surface area contributed by atoms with Crippen LogP contribution in [0.2, 0.25) is 5.02 Å². The van der Waals surface area contributed by atoms with Crippen molar-refractivity contribution in [2.45, 2.75) is 18.9 Å². The summed E-state index contributed by atoms with van der Waals surface area (Å²) < 4.78 is 3.26. The Morgan fingerprint density at radius 2 is 1.92 bits per heavy atom. The SMILES string of the molecule is Cl.Cl.O=C(O)c1cncc(-c2cnc([C@@H]3CCc4cc(-c5cc(Cl)ccc5-n5cnnn5)cc(=O)n43)[nH]2)c1. The highest BCUT2D eigenvalue weighted by Crippen LogP contribution is 2.34. The largest absolute Gasteiger partial charge is 0.478 e. The first-order valence-electron chi connectivity index (χ1n) is 11.0. The fourth-order valence-electron chi connectivity index (χ4n) is 4.58. The van der Waals surface area contributed by atoms with Crippen molar-refractivity contribution in [2.75, 3.05) is 0 Å². The predicted octanol–water partition coefficient (Wildman–Crippen LogP) is 4.01. The first-order valence-corrected chi connectivity index (χ1v) is 11.4. The number of rotatable bonds is 5. The van der Waals surface area contributed by atoms with Gasteiger partial charge in [0.05, 0.1) is 29.2 Å². The van der Waals surface area contributed by atoms with Crippen molar-refractivity contribution < 1.29 is 9.90 Å². The second-order valence-electron chi connectivity index (χ2n) is 8.36. The van der Waals surface area contributed by atoms with E-state index in [-0.39, 0.29) is 42.0 Å². The van der Waals surface area contributed by atoms with E-state index in [0.29, 0.717) is 40.6 Å². The molecule has 5 aromatic rings. The molecule has 0 bridgehead atoms. The van der Waals surface area contributed by atoms with Gasteiger partial charge < -0.3 is 14.7 Å². The van der Waals surface area contributed by atoms with Crippen molar-refractivity contribution in [3.8, 4) is 28.1 Å². The molecule has 0 saturated carbocycles. The number of carbonyl (C=O) groups is 1. The van der Waals surface area contributed by atoms with Crippen LogP contribution in [-0.2, 0) is 6.42 Å². The van der Waals surface area contributed by atoms with Crippen molar-refractivity contribution in [3.05, 3.63) is 93.8 Å². The molecule has 1 aliphatic heterocycles. The standard InChI is InChI=1S/C24H17ClN8O3.2ClH/c25-16-1-3-20(32-12-28-30-31-32)18(8-16)13-6-17-2-4-21(33(17)22(34)7-13)23-27-11-19(29-23)14-5-15(24(35)36)10-26-9-14;;/h1,3,5-12,21H,2,4H2,(H,27,29)(H,35,36);2*1H/t21-;;/m0../s1. The third-order valence-corrected chi connectivity index (χ3v) is 6.44. The number of nitrogens with zero attached hydrogens (tertiary/aromatic N) is 7. The second-order valence-corrected chi connectivity index (χ2v) is 8.80. The predicted molar refractivity (Wildman–Crippen MR) is 144 cm³/mol. The van der Waals surface area contributed by atoms with Crippen molar-refractivity contribution in [2.24, 2.45) is 0 Å². The molecule has 0 unspecified atom stereocenters. The van der Waals surface area contributed by atoms with E-state index >= 15 is 0 Å². The van der Waals surface area contributed by atoms with Gasteiger partial charge in [-0.05, 0) is 59.2 Å². The van der Waals surface area contributed by atoms with Crippen LogP contribution in [-0.4, -0.2) is 50.8 Å². The summed E-state index contributed by atoms with van der Waals surface area (Å²) in [6.45, 7) is 0. The molecular formula is C24H19Cl3N8O3. The number of carboxylic acid groups (broad SMARTS) is 1. The molecule has 14 heteroatoms. The number of tetrazole rings is 1. The van der Waals surface area contributed by atoms with Crippen LogP contribution < -0.4 is 5.56 Å². The maximum Gasteiger partial charge on any atom is 0.337 e. The molecule has 0 amide bonds. The van der Waals surface area contributed by atoms with Crippen molar-refractivity contribution in [1.29, 1.82) is 0 Å². The Labute approximate surface area is 232 Å². The maximum absolute atomic E-state index is 13.3. The van der Waals surface area contributed by atoms with Gasteiger partial charge in [-0.25, -0.2) is 9.78 Å². The van der Waals surface area contributed by atoms with Gasteiger partial charge >= 0.3 is 5.97 Å². The number of pyridine rings is 2. The molecule has 194 valence electrons. The topological polar surface area (TPSA) is 144 Å². The molecule has 1 aromatic carbocycles. The van der Waals surface area contributed by atoms with Crippen LogP contribution >= 0.6 is 36.4 Å². The molecule has 0 saturated heterocycles. The van der Waals surface area contributed by atoms with Crippen LogP contribution in [0.5, 0.6) is 0 Å². The van der Waals surface area contributed by atoms with Crippen LogP contribution in [0.15, 0.2) is 66.1 Å². The zero-order valence-corrected chi connectivity index (χ0v) is 21.7. The number of aromatic carboxylic acids is 1.